The smallest absolute Gasteiger partial charge is 0.411 e. The van der Waals surface area contributed by atoms with Crippen molar-refractivity contribution in [3.63, 3.8) is 0 Å². The van der Waals surface area contributed by atoms with E-state index < -0.39 is 94.2 Å². The maximum absolute atomic E-state index is 14.5. The molecule has 4 aromatic carbocycles. The third kappa shape index (κ3) is 13.9. The van der Waals surface area contributed by atoms with E-state index in [0.29, 0.717) is 64.3 Å². The number of unbranched alkanes of at least 4 members (excludes halogenated alkanes) is 1. The zero-order chi connectivity index (χ0) is 67.5. The quantitative estimate of drug-likeness (QED) is 0.0193. The summed E-state index contributed by atoms with van der Waals surface area (Å²) in [6.07, 6.45) is 5.32. The SMILES string of the molecule is CCN(Cc1cc(NC(=O)[C@H](C)NC(=O)[C@@H](NC(=O)CNC(=O)CNC(=O)CCCC#Cc2cnc(S(C)(=O)=O)nc2)C(C)C)ccc1COc1ccc2nc3c(c4c2c1CCC4)Cn1c-3cc2c(c1=O)COC(=O)[C@]2(O)CC)C(=O)OC1c2ccccc2-c2ccccc21. The molecular weight excluding hydrogens is 1240 g/mol. The molecule has 0 bridgehead atoms. The van der Waals surface area contributed by atoms with Crippen molar-refractivity contribution in [2.45, 2.75) is 135 Å². The molecule has 6 amide bonds. The number of anilines is 1. The zero-order valence-corrected chi connectivity index (χ0v) is 54.2. The predicted molar refractivity (Wildman–Crippen MR) is 349 cm³/mol. The van der Waals surface area contributed by atoms with Crippen LogP contribution in [0.3, 0.4) is 0 Å². The number of hydrogen-bond acceptors (Lipinski definition) is 17. The van der Waals surface area contributed by atoms with E-state index in [1.165, 1.54) is 19.3 Å². The highest BCUT2D eigenvalue weighted by Crippen LogP contribution is 2.47. The molecule has 95 heavy (non-hydrogen) atoms. The lowest BCUT2D eigenvalue weighted by molar-refractivity contribution is -0.172. The van der Waals surface area contributed by atoms with Gasteiger partial charge in [0.05, 0.1) is 47.7 Å². The van der Waals surface area contributed by atoms with Gasteiger partial charge in [0.1, 0.15) is 31.0 Å². The molecule has 0 unspecified atom stereocenters. The number of aliphatic hydroxyl groups is 1. The van der Waals surface area contributed by atoms with Crippen LogP contribution in [0.4, 0.5) is 10.5 Å². The molecule has 0 saturated heterocycles. The fraction of sp³-hybridized carbons (Fsp3) is 0.357. The van der Waals surface area contributed by atoms with Crippen LogP contribution in [0, 0.1) is 17.8 Å². The highest BCUT2D eigenvalue weighted by molar-refractivity contribution is 7.90. The molecule has 6 N–H and O–H groups in total. The fourth-order valence-electron chi connectivity index (χ4n) is 12.5. The lowest BCUT2D eigenvalue weighted by atomic mass is 9.85. The Morgan fingerprint density at radius 3 is 2.21 bits per heavy atom. The number of nitrogens with one attached hydrogen (secondary N) is 5. The molecule has 2 aliphatic carbocycles. The van der Waals surface area contributed by atoms with E-state index in [2.05, 4.69) is 48.4 Å². The number of rotatable bonds is 22. The average Bonchev–Trinajstić information content (AvgIpc) is 1.64. The molecule has 24 nitrogen and oxygen atoms in total. The topological polar surface area (TPSA) is 326 Å². The normalized spacial score (nSPS) is 15.5. The number of fused-ring (bicyclic) bond motifs is 8. The van der Waals surface area contributed by atoms with Crippen LogP contribution in [0.15, 0.2) is 107 Å². The Kier molecular flexibility index (Phi) is 19.3. The third-order valence-corrected chi connectivity index (χ3v) is 18.4. The molecule has 0 fully saturated rings. The predicted octanol–water partition coefficient (Wildman–Crippen LogP) is 6.11. The van der Waals surface area contributed by atoms with E-state index in [4.69, 9.17) is 19.2 Å². The van der Waals surface area contributed by atoms with Gasteiger partial charge in [-0.2, -0.15) is 0 Å². The summed E-state index contributed by atoms with van der Waals surface area (Å²) in [4.78, 5) is 122. The van der Waals surface area contributed by atoms with Gasteiger partial charge in [-0.25, -0.2) is 33.0 Å². The molecule has 2 aliphatic heterocycles. The average molecular weight is 1310 g/mol. The summed E-state index contributed by atoms with van der Waals surface area (Å²) in [5.74, 6) is 2.02. The number of esters is 1. The van der Waals surface area contributed by atoms with Crippen LogP contribution >= 0.6 is 0 Å². The second-order valence-electron chi connectivity index (χ2n) is 24.3. The van der Waals surface area contributed by atoms with E-state index in [1.54, 1.807) is 54.5 Å². The second-order valence-corrected chi connectivity index (χ2v) is 26.2. The number of hydrogen-bond donors (Lipinski definition) is 6. The van der Waals surface area contributed by atoms with E-state index >= 15 is 0 Å². The van der Waals surface area contributed by atoms with Crippen LogP contribution in [-0.4, -0.2) is 118 Å². The highest BCUT2D eigenvalue weighted by Gasteiger charge is 2.46. The number of nitrogens with zero attached hydrogens (tertiary/aromatic N) is 5. The number of ether oxygens (including phenoxy) is 3. The van der Waals surface area contributed by atoms with Crippen molar-refractivity contribution in [2.24, 2.45) is 5.92 Å². The summed E-state index contributed by atoms with van der Waals surface area (Å²) in [7, 11) is -3.55. The molecule has 25 heteroatoms. The molecule has 3 aromatic heterocycles. The summed E-state index contributed by atoms with van der Waals surface area (Å²) < 4.78 is 43.2. The van der Waals surface area contributed by atoms with Gasteiger partial charge in [0.15, 0.2) is 11.7 Å². The monoisotopic (exact) mass is 1310 g/mol. The highest BCUT2D eigenvalue weighted by atomic mass is 32.2. The molecule has 11 rings (SSSR count). The van der Waals surface area contributed by atoms with Crippen molar-refractivity contribution in [3.8, 4) is 40.1 Å². The largest absolute Gasteiger partial charge is 0.489 e. The summed E-state index contributed by atoms with van der Waals surface area (Å²) >= 11 is 0. The second kappa shape index (κ2) is 27.7. The molecule has 0 spiro atoms. The van der Waals surface area contributed by atoms with Gasteiger partial charge < -0.3 is 55.4 Å². The summed E-state index contributed by atoms with van der Waals surface area (Å²) in [6.45, 7) is 7.86. The van der Waals surface area contributed by atoms with Crippen molar-refractivity contribution in [1.29, 1.82) is 0 Å². The van der Waals surface area contributed by atoms with Gasteiger partial charge >= 0.3 is 12.1 Å². The Hall–Kier alpha value is -10.3. The van der Waals surface area contributed by atoms with Crippen molar-refractivity contribution in [1.82, 2.24) is 45.7 Å². The summed E-state index contributed by atoms with van der Waals surface area (Å²) in [5, 5.41) is 25.2. The van der Waals surface area contributed by atoms with Gasteiger partial charge in [-0.1, -0.05) is 87.2 Å². The van der Waals surface area contributed by atoms with Crippen LogP contribution in [0.5, 0.6) is 5.75 Å². The van der Waals surface area contributed by atoms with Crippen molar-refractivity contribution in [3.05, 3.63) is 163 Å². The van der Waals surface area contributed by atoms with E-state index in [0.717, 1.165) is 63.4 Å². The van der Waals surface area contributed by atoms with Gasteiger partial charge in [-0.3, -0.25) is 28.8 Å². The Morgan fingerprint density at radius 1 is 0.821 bits per heavy atom. The molecule has 5 heterocycles. The standard InChI is InChI=1S/C70H72N10O14S/c1-7-70(89)53-30-55-62-51(36-80(55)66(86)52(53)38-93-67(70)87)47-22-16-23-50-56(28-27-54(77-62)60(47)50)92-37-42-25-26-44(29-43(42)35-79(8-2)69(88)94-63-48-20-14-12-18-45(48)46-19-13-15-21-49(46)63)76-64(84)40(5)75-65(85)61(39(3)4)78-59(83)34-72-58(82)33-71-57(81)24-11-9-10-17-41-31-73-68(74-32-41)95(6,90)91/h12-15,18-21,25-32,39-40,61,63,89H,7-9,11,16,22-24,33-38H2,1-6H3,(H,71,81)(H,72,82)(H,75,85)(H,76,84)(H,78,83)/t40-,61-,70-/m0/s1. The number of cyclic esters (lactones) is 1. The molecule has 3 atom stereocenters. The number of aryl methyl sites for hydroxylation is 2. The zero-order valence-electron chi connectivity index (χ0n) is 53.3. The first kappa shape index (κ1) is 66.1. The molecule has 4 aliphatic rings. The number of amides is 6. The lowest BCUT2D eigenvalue weighted by Crippen LogP contribution is -2.55. The maximum atomic E-state index is 14.5. The van der Waals surface area contributed by atoms with Gasteiger partial charge in [-0.15, -0.1) is 0 Å². The number of pyridine rings is 2. The Balaban J connectivity index is 0.752. The first-order valence-electron chi connectivity index (χ1n) is 31.5. The van der Waals surface area contributed by atoms with Crippen molar-refractivity contribution < 1.29 is 61.3 Å². The Labute approximate surface area is 547 Å². The summed E-state index contributed by atoms with van der Waals surface area (Å²) in [6, 6.07) is 24.1. The first-order chi connectivity index (χ1) is 45.5. The number of carbonyl (C=O) groups is 7. The third-order valence-electron chi connectivity index (χ3n) is 17.5. The fourth-order valence-corrected chi connectivity index (χ4v) is 12.9. The number of aromatic nitrogens is 4. The molecule has 7 aromatic rings. The van der Waals surface area contributed by atoms with E-state index in [-0.39, 0.29) is 67.5 Å². The molecule has 0 saturated carbocycles. The van der Waals surface area contributed by atoms with E-state index in [9.17, 15) is 51.9 Å². The summed E-state index contributed by atoms with van der Waals surface area (Å²) in [5.41, 5.74) is 8.71. The van der Waals surface area contributed by atoms with Crippen molar-refractivity contribution >= 4 is 68.0 Å². The van der Waals surface area contributed by atoms with Gasteiger partial charge in [-0.05, 0) is 110 Å². The number of benzene rings is 4. The number of sulfone groups is 1. The van der Waals surface area contributed by atoms with Gasteiger partial charge in [0.25, 0.3) is 5.56 Å². The van der Waals surface area contributed by atoms with Crippen LogP contribution in [0.25, 0.3) is 33.4 Å². The van der Waals surface area contributed by atoms with Crippen LogP contribution in [-0.2, 0) is 92.8 Å². The lowest BCUT2D eigenvalue weighted by Gasteiger charge is -2.31. The minimum Gasteiger partial charge on any atom is -0.489 e. The van der Waals surface area contributed by atoms with Crippen LogP contribution < -0.4 is 36.9 Å². The van der Waals surface area contributed by atoms with Crippen LogP contribution in [0.2, 0.25) is 0 Å². The van der Waals surface area contributed by atoms with Gasteiger partial charge in [0.2, 0.25) is 44.5 Å². The minimum absolute atomic E-state index is 0.0271. The van der Waals surface area contributed by atoms with Crippen molar-refractivity contribution in [2.75, 3.05) is 31.2 Å². The van der Waals surface area contributed by atoms with Crippen LogP contribution in [0.1, 0.15) is 128 Å². The maximum Gasteiger partial charge on any atom is 0.411 e. The molecule has 0 radical (unpaired) electrons. The van der Waals surface area contributed by atoms with Gasteiger partial charge in [0, 0.05) is 83.5 Å². The Morgan fingerprint density at radius 2 is 1.52 bits per heavy atom. The molecule has 492 valence electrons. The minimum atomic E-state index is -3.55. The number of carbonyl (C=O) groups excluding carboxylic acids is 7. The first-order valence-corrected chi connectivity index (χ1v) is 33.4. The Bertz CT molecular complexity index is 4480. The molecular formula is C70H72N10O14S. The van der Waals surface area contributed by atoms with E-state index in [1.807, 2.05) is 67.6 Å².